The Hall–Kier alpha value is -1.84. The minimum absolute atomic E-state index is 0.0576. The molecule has 0 unspecified atom stereocenters. The summed E-state index contributed by atoms with van der Waals surface area (Å²) in [5, 5.41) is 2.98. The number of amides is 1. The molecular weight excluding hydrogens is 298 g/mol. The van der Waals surface area contributed by atoms with Crippen molar-refractivity contribution in [3.8, 4) is 0 Å². The Balaban J connectivity index is 2.39. The SMILES string of the molecule is C/C=C(\C)NC(=O)c1c(N2CCCC(C)(C)CC2)ncc(C)c1C. The van der Waals surface area contributed by atoms with Crippen LogP contribution in [0.3, 0.4) is 0 Å². The predicted octanol–water partition coefficient (Wildman–Crippen LogP) is 4.37. The first-order valence-electron chi connectivity index (χ1n) is 8.90. The number of nitrogens with zero attached hydrogens (tertiary/aromatic N) is 2. The Morgan fingerprint density at radius 2 is 2.00 bits per heavy atom. The first-order chi connectivity index (χ1) is 11.2. The number of carbonyl (C=O) groups is 1. The molecule has 1 aliphatic heterocycles. The molecule has 0 spiro atoms. The Morgan fingerprint density at radius 3 is 2.67 bits per heavy atom. The third-order valence-corrected chi connectivity index (χ3v) is 5.18. The smallest absolute Gasteiger partial charge is 0.259 e. The summed E-state index contributed by atoms with van der Waals surface area (Å²) in [5.41, 5.74) is 4.01. The standard InChI is InChI=1S/C20H31N3O/c1-7-15(3)22-19(24)17-16(4)14(2)13-21-18(17)23-11-8-9-20(5,6)10-12-23/h7,13H,8-12H2,1-6H3,(H,22,24)/b15-7+. The molecule has 1 aromatic heterocycles. The molecule has 0 atom stereocenters. The van der Waals surface area contributed by atoms with Gasteiger partial charge in [0.25, 0.3) is 5.91 Å². The van der Waals surface area contributed by atoms with Crippen LogP contribution in [0.2, 0.25) is 0 Å². The number of aryl methyl sites for hydroxylation is 1. The van der Waals surface area contributed by atoms with Gasteiger partial charge >= 0.3 is 0 Å². The summed E-state index contributed by atoms with van der Waals surface area (Å²) in [7, 11) is 0. The summed E-state index contributed by atoms with van der Waals surface area (Å²) in [6, 6.07) is 0. The van der Waals surface area contributed by atoms with Gasteiger partial charge in [0.2, 0.25) is 0 Å². The number of anilines is 1. The summed E-state index contributed by atoms with van der Waals surface area (Å²) in [6.07, 6.45) is 7.27. The zero-order chi connectivity index (χ0) is 17.9. The van der Waals surface area contributed by atoms with Gasteiger partial charge in [-0.1, -0.05) is 19.9 Å². The zero-order valence-electron chi connectivity index (χ0n) is 16.0. The van der Waals surface area contributed by atoms with Crippen LogP contribution in [0.4, 0.5) is 5.82 Å². The van der Waals surface area contributed by atoms with Gasteiger partial charge in [-0.15, -0.1) is 0 Å². The number of rotatable bonds is 3. The van der Waals surface area contributed by atoms with E-state index in [0.717, 1.165) is 54.1 Å². The third-order valence-electron chi connectivity index (χ3n) is 5.18. The lowest BCUT2D eigenvalue weighted by Gasteiger charge is -2.26. The molecule has 1 N–H and O–H groups in total. The van der Waals surface area contributed by atoms with Crippen LogP contribution in [-0.4, -0.2) is 24.0 Å². The molecule has 1 aromatic rings. The predicted molar refractivity (Wildman–Crippen MR) is 100 cm³/mol. The molecule has 0 bridgehead atoms. The van der Waals surface area contributed by atoms with Gasteiger partial charge in [-0.3, -0.25) is 4.79 Å². The number of pyridine rings is 1. The van der Waals surface area contributed by atoms with Crippen molar-refractivity contribution in [3.05, 3.63) is 34.7 Å². The second kappa shape index (κ2) is 7.37. The Morgan fingerprint density at radius 1 is 1.29 bits per heavy atom. The molecule has 1 aliphatic rings. The van der Waals surface area contributed by atoms with Gasteiger partial charge in [0.15, 0.2) is 0 Å². The first-order valence-corrected chi connectivity index (χ1v) is 8.90. The number of hydrogen-bond acceptors (Lipinski definition) is 3. The van der Waals surface area contributed by atoms with Crippen molar-refractivity contribution in [3.63, 3.8) is 0 Å². The van der Waals surface area contributed by atoms with Crippen LogP contribution in [0, 0.1) is 19.3 Å². The normalized spacial score (nSPS) is 18.2. The summed E-state index contributed by atoms with van der Waals surface area (Å²) in [6.45, 7) is 14.4. The highest BCUT2D eigenvalue weighted by Gasteiger charge is 2.27. The van der Waals surface area contributed by atoms with Crippen molar-refractivity contribution in [1.82, 2.24) is 10.3 Å². The molecule has 24 heavy (non-hydrogen) atoms. The van der Waals surface area contributed by atoms with Crippen molar-refractivity contribution in [1.29, 1.82) is 0 Å². The van der Waals surface area contributed by atoms with Crippen LogP contribution >= 0.6 is 0 Å². The fourth-order valence-electron chi connectivity index (χ4n) is 3.14. The van der Waals surface area contributed by atoms with Crippen molar-refractivity contribution in [2.45, 2.75) is 60.8 Å². The van der Waals surface area contributed by atoms with Crippen LogP contribution in [0.15, 0.2) is 18.0 Å². The van der Waals surface area contributed by atoms with Gasteiger partial charge in [-0.05, 0) is 63.5 Å². The molecule has 0 aromatic carbocycles. The maximum Gasteiger partial charge on any atom is 0.259 e. The van der Waals surface area contributed by atoms with E-state index in [9.17, 15) is 4.79 Å². The molecule has 1 amide bonds. The average molecular weight is 329 g/mol. The van der Waals surface area contributed by atoms with Gasteiger partial charge in [0, 0.05) is 25.0 Å². The molecule has 132 valence electrons. The second-order valence-electron chi connectivity index (χ2n) is 7.70. The van der Waals surface area contributed by atoms with Gasteiger partial charge in [-0.25, -0.2) is 4.98 Å². The second-order valence-corrected chi connectivity index (χ2v) is 7.70. The van der Waals surface area contributed by atoms with Gasteiger partial charge < -0.3 is 10.2 Å². The van der Waals surface area contributed by atoms with E-state index < -0.39 is 0 Å². The van der Waals surface area contributed by atoms with E-state index >= 15 is 0 Å². The topological polar surface area (TPSA) is 45.2 Å². The Kier molecular flexibility index (Phi) is 5.68. The molecule has 1 fully saturated rings. The lowest BCUT2D eigenvalue weighted by Crippen LogP contribution is -2.31. The van der Waals surface area contributed by atoms with Crippen molar-refractivity contribution in [2.24, 2.45) is 5.41 Å². The molecule has 2 heterocycles. The van der Waals surface area contributed by atoms with E-state index in [1.807, 2.05) is 40.0 Å². The summed E-state index contributed by atoms with van der Waals surface area (Å²) < 4.78 is 0. The Bertz CT molecular complexity index is 647. The van der Waals surface area contributed by atoms with E-state index in [1.165, 1.54) is 6.42 Å². The minimum Gasteiger partial charge on any atom is -0.356 e. The minimum atomic E-state index is -0.0576. The highest BCUT2D eigenvalue weighted by molar-refractivity contribution is 6.01. The number of hydrogen-bond donors (Lipinski definition) is 1. The fraction of sp³-hybridized carbons (Fsp3) is 0.600. The van der Waals surface area contributed by atoms with Crippen LogP contribution in [0.5, 0.6) is 0 Å². The molecular formula is C20H31N3O. The van der Waals surface area contributed by atoms with E-state index in [2.05, 4.69) is 29.0 Å². The number of allylic oxidation sites excluding steroid dienone is 2. The summed E-state index contributed by atoms with van der Waals surface area (Å²) in [5.74, 6) is 0.773. The van der Waals surface area contributed by atoms with E-state index in [1.54, 1.807) is 0 Å². The van der Waals surface area contributed by atoms with Crippen LogP contribution < -0.4 is 10.2 Å². The van der Waals surface area contributed by atoms with Crippen LogP contribution in [0.25, 0.3) is 0 Å². The molecule has 1 saturated heterocycles. The quantitative estimate of drug-likeness (QED) is 0.895. The van der Waals surface area contributed by atoms with Crippen molar-refractivity contribution < 1.29 is 4.79 Å². The summed E-state index contributed by atoms with van der Waals surface area (Å²) >= 11 is 0. The molecule has 4 heteroatoms. The fourth-order valence-corrected chi connectivity index (χ4v) is 3.14. The highest BCUT2D eigenvalue weighted by Crippen LogP contribution is 2.33. The highest BCUT2D eigenvalue weighted by atomic mass is 16.1. The van der Waals surface area contributed by atoms with E-state index in [-0.39, 0.29) is 5.91 Å². The Labute approximate surface area is 146 Å². The zero-order valence-corrected chi connectivity index (χ0v) is 16.0. The van der Waals surface area contributed by atoms with E-state index in [4.69, 9.17) is 0 Å². The average Bonchev–Trinajstić information content (AvgIpc) is 2.70. The van der Waals surface area contributed by atoms with Gasteiger partial charge in [-0.2, -0.15) is 0 Å². The van der Waals surface area contributed by atoms with Crippen LogP contribution in [-0.2, 0) is 0 Å². The third kappa shape index (κ3) is 4.16. The molecule has 4 nitrogen and oxygen atoms in total. The molecule has 0 aliphatic carbocycles. The van der Waals surface area contributed by atoms with Gasteiger partial charge in [0.05, 0.1) is 5.56 Å². The monoisotopic (exact) mass is 329 g/mol. The molecule has 0 radical (unpaired) electrons. The number of carbonyl (C=O) groups excluding carboxylic acids is 1. The summed E-state index contributed by atoms with van der Waals surface area (Å²) in [4.78, 5) is 19.8. The maximum absolute atomic E-state index is 12.8. The maximum atomic E-state index is 12.8. The van der Waals surface area contributed by atoms with Crippen molar-refractivity contribution >= 4 is 11.7 Å². The number of aromatic nitrogens is 1. The molecule has 0 saturated carbocycles. The largest absolute Gasteiger partial charge is 0.356 e. The van der Waals surface area contributed by atoms with Crippen LogP contribution in [0.1, 0.15) is 68.4 Å². The lowest BCUT2D eigenvalue weighted by atomic mass is 9.85. The van der Waals surface area contributed by atoms with Crippen molar-refractivity contribution in [2.75, 3.05) is 18.0 Å². The molecule has 2 rings (SSSR count). The van der Waals surface area contributed by atoms with Gasteiger partial charge in [0.1, 0.15) is 5.82 Å². The first kappa shape index (κ1) is 18.5. The number of nitrogens with one attached hydrogen (secondary N) is 1. The lowest BCUT2D eigenvalue weighted by molar-refractivity contribution is 0.0965. The van der Waals surface area contributed by atoms with E-state index in [0.29, 0.717) is 5.41 Å².